The van der Waals surface area contributed by atoms with Gasteiger partial charge < -0.3 is 5.32 Å². The molecule has 0 aliphatic rings. The summed E-state index contributed by atoms with van der Waals surface area (Å²) in [6.45, 7) is 1.42. The molecule has 3 aromatic rings. The lowest BCUT2D eigenvalue weighted by molar-refractivity contribution is -0.384. The summed E-state index contributed by atoms with van der Waals surface area (Å²) in [6.07, 6.45) is 0. The Bertz CT molecular complexity index is 930. The zero-order valence-electron chi connectivity index (χ0n) is 14.0. The molecule has 0 atom stereocenters. The molecule has 0 aliphatic heterocycles. The minimum Gasteiger partial charge on any atom is -0.334 e. The molecule has 0 aliphatic carbocycles. The lowest BCUT2D eigenvalue weighted by Crippen LogP contribution is -2.24. The van der Waals surface area contributed by atoms with Gasteiger partial charge in [-0.1, -0.05) is 36.4 Å². The van der Waals surface area contributed by atoms with Gasteiger partial charge in [-0.2, -0.15) is 0 Å². The number of benzene rings is 2. The second kappa shape index (κ2) is 7.43. The molecular formula is C19H16N4O3. The highest BCUT2D eigenvalue weighted by molar-refractivity contribution is 5.98. The summed E-state index contributed by atoms with van der Waals surface area (Å²) in [5.74, 6) is 0.122. The van der Waals surface area contributed by atoms with Crippen LogP contribution in [0.1, 0.15) is 6.92 Å². The number of aromatic nitrogens is 1. The average Bonchev–Trinajstić information content (AvgIpc) is 2.63. The van der Waals surface area contributed by atoms with Gasteiger partial charge in [-0.25, -0.2) is 4.98 Å². The van der Waals surface area contributed by atoms with Crippen LogP contribution in [0.3, 0.4) is 0 Å². The molecule has 7 nitrogen and oxygen atoms in total. The normalized spacial score (nSPS) is 10.2. The maximum atomic E-state index is 12.2. The van der Waals surface area contributed by atoms with Crippen LogP contribution in [0.2, 0.25) is 0 Å². The number of nitrogens with zero attached hydrogens (tertiary/aromatic N) is 3. The van der Waals surface area contributed by atoms with Gasteiger partial charge in [0.15, 0.2) is 0 Å². The van der Waals surface area contributed by atoms with Gasteiger partial charge in [0.05, 0.1) is 10.6 Å². The average molecular weight is 348 g/mol. The third-order valence-corrected chi connectivity index (χ3v) is 3.65. The molecule has 0 bridgehead atoms. The first-order chi connectivity index (χ1) is 12.6. The van der Waals surface area contributed by atoms with Gasteiger partial charge in [0.2, 0.25) is 11.7 Å². The van der Waals surface area contributed by atoms with Crippen molar-refractivity contribution in [1.29, 1.82) is 0 Å². The number of hydrogen-bond acceptors (Lipinski definition) is 5. The third kappa shape index (κ3) is 3.67. The van der Waals surface area contributed by atoms with E-state index in [0.29, 0.717) is 17.2 Å². The Morgan fingerprint density at radius 2 is 1.62 bits per heavy atom. The molecular weight excluding hydrogens is 332 g/mol. The first kappa shape index (κ1) is 17.1. The minimum absolute atomic E-state index is 0.0703. The van der Waals surface area contributed by atoms with Gasteiger partial charge in [0.25, 0.3) is 0 Å². The van der Waals surface area contributed by atoms with Crippen LogP contribution < -0.4 is 10.2 Å². The number of nitro groups is 1. The molecule has 2 aromatic carbocycles. The number of nitrogens with one attached hydrogen (secondary N) is 1. The molecule has 7 heteroatoms. The summed E-state index contributed by atoms with van der Waals surface area (Å²) in [7, 11) is 0. The van der Waals surface area contributed by atoms with E-state index < -0.39 is 4.92 Å². The van der Waals surface area contributed by atoms with Gasteiger partial charge in [0, 0.05) is 18.7 Å². The van der Waals surface area contributed by atoms with E-state index in [-0.39, 0.29) is 17.4 Å². The van der Waals surface area contributed by atoms with Gasteiger partial charge in [-0.15, -0.1) is 0 Å². The summed E-state index contributed by atoms with van der Waals surface area (Å²) in [5.41, 5.74) is 1.12. The molecule has 3 rings (SSSR count). The Morgan fingerprint density at radius 3 is 2.19 bits per heavy atom. The molecule has 0 saturated heterocycles. The number of para-hydroxylation sites is 2. The van der Waals surface area contributed by atoms with Crippen LogP contribution in [-0.2, 0) is 4.79 Å². The first-order valence-electron chi connectivity index (χ1n) is 7.89. The zero-order valence-corrected chi connectivity index (χ0v) is 14.0. The fourth-order valence-electron chi connectivity index (χ4n) is 2.52. The zero-order chi connectivity index (χ0) is 18.5. The van der Waals surface area contributed by atoms with Crippen LogP contribution in [0.5, 0.6) is 0 Å². The van der Waals surface area contributed by atoms with E-state index in [1.807, 2.05) is 24.3 Å². The molecule has 1 N–H and O–H groups in total. The Labute approximate surface area is 150 Å². The maximum Gasteiger partial charge on any atom is 0.311 e. The van der Waals surface area contributed by atoms with Crippen molar-refractivity contribution in [2.24, 2.45) is 0 Å². The third-order valence-electron chi connectivity index (χ3n) is 3.65. The summed E-state index contributed by atoms with van der Waals surface area (Å²) in [5, 5.41) is 14.3. The Balaban J connectivity index is 2.06. The number of rotatable bonds is 5. The topological polar surface area (TPSA) is 88.4 Å². The lowest BCUT2D eigenvalue weighted by Gasteiger charge is -2.20. The second-order valence-electron chi connectivity index (χ2n) is 5.48. The van der Waals surface area contributed by atoms with Crippen LogP contribution in [0, 0.1) is 10.1 Å². The molecule has 1 amide bonds. The van der Waals surface area contributed by atoms with Gasteiger partial charge in [0.1, 0.15) is 5.82 Å². The van der Waals surface area contributed by atoms with E-state index >= 15 is 0 Å². The van der Waals surface area contributed by atoms with E-state index in [0.717, 1.165) is 0 Å². The molecule has 1 heterocycles. The number of amides is 1. The summed E-state index contributed by atoms with van der Waals surface area (Å²) in [6, 6.07) is 20.8. The number of carbonyl (C=O) groups is 1. The van der Waals surface area contributed by atoms with Crippen LogP contribution >= 0.6 is 0 Å². The van der Waals surface area contributed by atoms with Crippen molar-refractivity contribution in [1.82, 2.24) is 4.98 Å². The van der Waals surface area contributed by atoms with Gasteiger partial charge >= 0.3 is 5.69 Å². The van der Waals surface area contributed by atoms with Crippen molar-refractivity contribution >= 4 is 34.6 Å². The molecule has 1 aromatic heterocycles. The summed E-state index contributed by atoms with van der Waals surface area (Å²) >= 11 is 0. The minimum atomic E-state index is -0.511. The van der Waals surface area contributed by atoms with Gasteiger partial charge in [-0.3, -0.25) is 19.8 Å². The predicted molar refractivity (Wildman–Crippen MR) is 99.9 cm³/mol. The van der Waals surface area contributed by atoms with Gasteiger partial charge in [-0.05, 0) is 30.3 Å². The summed E-state index contributed by atoms with van der Waals surface area (Å²) < 4.78 is 0. The fraction of sp³-hybridized carbons (Fsp3) is 0.0526. The molecule has 0 spiro atoms. The number of anilines is 4. The first-order valence-corrected chi connectivity index (χ1v) is 7.89. The quantitative estimate of drug-likeness (QED) is 0.545. The van der Waals surface area contributed by atoms with E-state index in [1.54, 1.807) is 36.4 Å². The smallest absolute Gasteiger partial charge is 0.311 e. The molecule has 26 heavy (non-hydrogen) atoms. The number of hydrogen-bond donors (Lipinski definition) is 1. The van der Waals surface area contributed by atoms with Crippen molar-refractivity contribution in [2.45, 2.75) is 6.92 Å². The van der Waals surface area contributed by atoms with Crippen molar-refractivity contribution in [3.8, 4) is 0 Å². The Kier molecular flexibility index (Phi) is 4.89. The standard InChI is InChI=1S/C19H16N4O3/c1-14(24)22(16-10-6-3-7-11-16)18-13-12-17(23(25)26)19(21-18)20-15-8-4-2-5-9-15/h2-13H,1H3,(H,20,21). The number of carbonyl (C=O) groups excluding carboxylic acids is 1. The summed E-state index contributed by atoms with van der Waals surface area (Å²) in [4.78, 5) is 28.7. The second-order valence-corrected chi connectivity index (χ2v) is 5.48. The molecule has 0 saturated carbocycles. The maximum absolute atomic E-state index is 12.2. The van der Waals surface area contributed by atoms with Crippen molar-refractivity contribution < 1.29 is 9.72 Å². The van der Waals surface area contributed by atoms with Crippen molar-refractivity contribution in [3.05, 3.63) is 82.9 Å². The predicted octanol–water partition coefficient (Wildman–Crippen LogP) is 4.42. The van der Waals surface area contributed by atoms with Crippen LogP contribution in [0.15, 0.2) is 72.8 Å². The fourth-order valence-corrected chi connectivity index (χ4v) is 2.52. The monoisotopic (exact) mass is 348 g/mol. The van der Waals surface area contributed by atoms with Crippen LogP contribution in [0.4, 0.5) is 28.7 Å². The Hall–Kier alpha value is -3.74. The lowest BCUT2D eigenvalue weighted by atomic mass is 10.2. The largest absolute Gasteiger partial charge is 0.334 e. The van der Waals surface area contributed by atoms with E-state index in [1.165, 1.54) is 24.0 Å². The Morgan fingerprint density at radius 1 is 1.00 bits per heavy atom. The number of pyridine rings is 1. The van der Waals surface area contributed by atoms with Crippen LogP contribution in [0.25, 0.3) is 0 Å². The van der Waals surface area contributed by atoms with E-state index in [9.17, 15) is 14.9 Å². The van der Waals surface area contributed by atoms with E-state index in [2.05, 4.69) is 10.3 Å². The molecule has 0 unspecified atom stereocenters. The highest BCUT2D eigenvalue weighted by Crippen LogP contribution is 2.31. The highest BCUT2D eigenvalue weighted by atomic mass is 16.6. The van der Waals surface area contributed by atoms with E-state index in [4.69, 9.17) is 0 Å². The van der Waals surface area contributed by atoms with Crippen LogP contribution in [-0.4, -0.2) is 15.8 Å². The SMILES string of the molecule is CC(=O)N(c1ccccc1)c1ccc([N+](=O)[O-])c(Nc2ccccc2)n1. The molecule has 0 fully saturated rings. The van der Waals surface area contributed by atoms with Crippen molar-refractivity contribution in [3.63, 3.8) is 0 Å². The van der Waals surface area contributed by atoms with Crippen molar-refractivity contribution in [2.75, 3.05) is 10.2 Å². The molecule has 130 valence electrons. The highest BCUT2D eigenvalue weighted by Gasteiger charge is 2.21. The molecule has 0 radical (unpaired) electrons.